The molecule has 2 aliphatic carbocycles. The highest BCUT2D eigenvalue weighted by Gasteiger charge is 2.53. The number of anilines is 1. The van der Waals surface area contributed by atoms with Gasteiger partial charge in [-0.2, -0.15) is 0 Å². The van der Waals surface area contributed by atoms with Gasteiger partial charge in [-0.1, -0.05) is 49.2 Å². The van der Waals surface area contributed by atoms with E-state index in [2.05, 4.69) is 41.3 Å². The van der Waals surface area contributed by atoms with Gasteiger partial charge < -0.3 is 5.73 Å². The van der Waals surface area contributed by atoms with E-state index < -0.39 is 0 Å². The highest BCUT2D eigenvalue weighted by atomic mass is 15.2. The lowest BCUT2D eigenvalue weighted by molar-refractivity contribution is -0.0105. The van der Waals surface area contributed by atoms with Gasteiger partial charge in [-0.3, -0.25) is 4.90 Å². The SMILES string of the molecule is Nc1ccc(CCN2CC[C@]34CCCC[C@H]3[C@H]2Cc2ccccc24)cc1. The van der Waals surface area contributed by atoms with Gasteiger partial charge in [0.05, 0.1) is 0 Å². The minimum Gasteiger partial charge on any atom is -0.399 e. The number of hydrogen-bond donors (Lipinski definition) is 1. The summed E-state index contributed by atoms with van der Waals surface area (Å²) in [6, 6.07) is 18.6. The van der Waals surface area contributed by atoms with Crippen molar-refractivity contribution in [3.63, 3.8) is 0 Å². The average molecular weight is 347 g/mol. The molecule has 1 heterocycles. The lowest BCUT2D eigenvalue weighted by Crippen LogP contribution is -2.61. The Bertz CT molecular complexity index is 781. The zero-order valence-electron chi connectivity index (χ0n) is 15.7. The fraction of sp³-hybridized carbons (Fsp3) is 0.500. The maximum absolute atomic E-state index is 5.84. The molecule has 0 aromatic heterocycles. The lowest BCUT2D eigenvalue weighted by atomic mass is 9.52. The number of benzene rings is 2. The van der Waals surface area contributed by atoms with Crippen LogP contribution in [0.4, 0.5) is 5.69 Å². The Hall–Kier alpha value is -1.80. The molecule has 0 spiro atoms. The Morgan fingerprint density at radius 3 is 2.73 bits per heavy atom. The van der Waals surface area contributed by atoms with Gasteiger partial charge in [0.25, 0.3) is 0 Å². The van der Waals surface area contributed by atoms with Gasteiger partial charge in [0.2, 0.25) is 0 Å². The van der Waals surface area contributed by atoms with Crippen LogP contribution in [0.5, 0.6) is 0 Å². The molecule has 3 atom stereocenters. The molecule has 2 heteroatoms. The molecular weight excluding hydrogens is 316 g/mol. The number of hydrogen-bond acceptors (Lipinski definition) is 2. The lowest BCUT2D eigenvalue weighted by Gasteiger charge is -2.59. The standard InChI is InChI=1S/C24H30N2/c25-20-10-8-18(9-11-20)12-15-26-16-14-24-13-4-3-7-22(24)23(26)17-19-5-1-2-6-21(19)24/h1-2,5-6,8-11,22-23H,3-4,7,12-17,25H2/t22-,23+,24-/m0/s1. The molecule has 2 N–H and O–H groups in total. The summed E-state index contributed by atoms with van der Waals surface area (Å²) in [5, 5.41) is 0. The molecule has 2 aromatic carbocycles. The van der Waals surface area contributed by atoms with Gasteiger partial charge in [0.15, 0.2) is 0 Å². The smallest absolute Gasteiger partial charge is 0.0314 e. The van der Waals surface area contributed by atoms with Crippen LogP contribution >= 0.6 is 0 Å². The van der Waals surface area contributed by atoms with Crippen molar-refractivity contribution in [2.75, 3.05) is 18.8 Å². The molecule has 5 rings (SSSR count). The van der Waals surface area contributed by atoms with Gasteiger partial charge in [-0.05, 0) is 73.4 Å². The van der Waals surface area contributed by atoms with Crippen molar-refractivity contribution >= 4 is 5.69 Å². The van der Waals surface area contributed by atoms with Crippen LogP contribution in [0.3, 0.4) is 0 Å². The number of nitrogens with two attached hydrogens (primary N) is 1. The molecule has 26 heavy (non-hydrogen) atoms. The van der Waals surface area contributed by atoms with E-state index >= 15 is 0 Å². The highest BCUT2D eigenvalue weighted by molar-refractivity contribution is 5.41. The molecule has 3 aliphatic rings. The van der Waals surface area contributed by atoms with Crippen LogP contribution in [0.15, 0.2) is 48.5 Å². The molecule has 2 fully saturated rings. The predicted octanol–water partition coefficient (Wildman–Crippen LogP) is 4.57. The van der Waals surface area contributed by atoms with E-state index in [0.29, 0.717) is 5.41 Å². The van der Waals surface area contributed by atoms with Crippen LogP contribution < -0.4 is 5.73 Å². The first kappa shape index (κ1) is 16.4. The van der Waals surface area contributed by atoms with Crippen molar-refractivity contribution in [2.45, 2.75) is 56.4 Å². The fourth-order valence-corrected chi connectivity index (χ4v) is 6.29. The monoisotopic (exact) mass is 346 g/mol. The van der Waals surface area contributed by atoms with Crippen LogP contribution in [-0.4, -0.2) is 24.0 Å². The molecular formula is C24H30N2. The van der Waals surface area contributed by atoms with E-state index in [1.165, 1.54) is 57.2 Å². The number of nitrogens with zero attached hydrogens (tertiary/aromatic N) is 1. The summed E-state index contributed by atoms with van der Waals surface area (Å²) < 4.78 is 0. The first-order valence-electron chi connectivity index (χ1n) is 10.4. The summed E-state index contributed by atoms with van der Waals surface area (Å²) in [6.07, 6.45) is 9.43. The van der Waals surface area contributed by atoms with Gasteiger partial charge in [0.1, 0.15) is 0 Å². The Labute approximate surface area is 157 Å². The van der Waals surface area contributed by atoms with Crippen molar-refractivity contribution in [1.29, 1.82) is 0 Å². The van der Waals surface area contributed by atoms with Crippen LogP contribution in [0.25, 0.3) is 0 Å². The maximum atomic E-state index is 5.84. The van der Waals surface area contributed by atoms with Crippen LogP contribution in [-0.2, 0) is 18.3 Å². The van der Waals surface area contributed by atoms with Gasteiger partial charge in [-0.15, -0.1) is 0 Å². The van der Waals surface area contributed by atoms with Gasteiger partial charge in [0, 0.05) is 23.7 Å². The summed E-state index contributed by atoms with van der Waals surface area (Å²) in [6.45, 7) is 2.45. The zero-order chi connectivity index (χ0) is 17.6. The molecule has 0 unspecified atom stereocenters. The second-order valence-electron chi connectivity index (χ2n) is 8.71. The molecule has 136 valence electrons. The van der Waals surface area contributed by atoms with Gasteiger partial charge >= 0.3 is 0 Å². The molecule has 2 bridgehead atoms. The number of fused-ring (bicyclic) bond motifs is 1. The fourth-order valence-electron chi connectivity index (χ4n) is 6.29. The van der Waals surface area contributed by atoms with Crippen molar-refractivity contribution in [2.24, 2.45) is 5.92 Å². The van der Waals surface area contributed by atoms with E-state index in [9.17, 15) is 0 Å². The minimum absolute atomic E-state index is 0.482. The summed E-state index contributed by atoms with van der Waals surface area (Å²) in [5.74, 6) is 0.867. The van der Waals surface area contributed by atoms with E-state index in [-0.39, 0.29) is 0 Å². The number of rotatable bonds is 3. The van der Waals surface area contributed by atoms with Crippen molar-refractivity contribution in [3.05, 3.63) is 65.2 Å². The third kappa shape index (κ3) is 2.58. The Balaban J connectivity index is 1.41. The molecule has 2 nitrogen and oxygen atoms in total. The minimum atomic E-state index is 0.482. The molecule has 0 radical (unpaired) electrons. The summed E-state index contributed by atoms with van der Waals surface area (Å²) in [7, 11) is 0. The van der Waals surface area contributed by atoms with Crippen molar-refractivity contribution in [1.82, 2.24) is 4.90 Å². The summed E-state index contributed by atoms with van der Waals surface area (Å²) in [5.41, 5.74) is 11.9. The van der Waals surface area contributed by atoms with Crippen molar-refractivity contribution < 1.29 is 0 Å². The van der Waals surface area contributed by atoms with E-state index in [0.717, 1.165) is 24.1 Å². The first-order valence-corrected chi connectivity index (χ1v) is 10.4. The largest absolute Gasteiger partial charge is 0.399 e. The Morgan fingerprint density at radius 2 is 1.85 bits per heavy atom. The first-order chi connectivity index (χ1) is 12.8. The van der Waals surface area contributed by atoms with E-state index in [4.69, 9.17) is 5.73 Å². The Kier molecular flexibility index (Phi) is 4.04. The molecule has 1 aliphatic heterocycles. The molecule has 1 saturated heterocycles. The van der Waals surface area contributed by atoms with Gasteiger partial charge in [-0.25, -0.2) is 0 Å². The quantitative estimate of drug-likeness (QED) is 0.825. The molecule has 1 saturated carbocycles. The zero-order valence-corrected chi connectivity index (χ0v) is 15.7. The number of likely N-dealkylation sites (tertiary alicyclic amines) is 1. The van der Waals surface area contributed by atoms with Crippen LogP contribution in [0, 0.1) is 5.92 Å². The highest BCUT2D eigenvalue weighted by Crippen LogP contribution is 2.55. The summed E-state index contributed by atoms with van der Waals surface area (Å²) in [4.78, 5) is 2.82. The van der Waals surface area contributed by atoms with Crippen LogP contribution in [0.2, 0.25) is 0 Å². The number of piperidine rings is 1. The Morgan fingerprint density at radius 1 is 1.00 bits per heavy atom. The predicted molar refractivity (Wildman–Crippen MR) is 108 cm³/mol. The van der Waals surface area contributed by atoms with E-state index in [1.807, 2.05) is 12.1 Å². The van der Waals surface area contributed by atoms with Crippen LogP contribution in [0.1, 0.15) is 48.8 Å². The van der Waals surface area contributed by atoms with Crippen molar-refractivity contribution in [3.8, 4) is 0 Å². The third-order valence-electron chi connectivity index (χ3n) is 7.53. The second-order valence-corrected chi connectivity index (χ2v) is 8.71. The average Bonchev–Trinajstić information content (AvgIpc) is 2.68. The normalized spacial score (nSPS) is 30.5. The maximum Gasteiger partial charge on any atom is 0.0314 e. The third-order valence-corrected chi connectivity index (χ3v) is 7.53. The second kappa shape index (κ2) is 6.42. The molecule has 2 aromatic rings. The summed E-state index contributed by atoms with van der Waals surface area (Å²) >= 11 is 0. The number of nitrogen functional groups attached to an aromatic ring is 1. The van der Waals surface area contributed by atoms with E-state index in [1.54, 1.807) is 11.1 Å². The molecule has 0 amide bonds. The topological polar surface area (TPSA) is 29.3 Å².